The summed E-state index contributed by atoms with van der Waals surface area (Å²) in [7, 11) is -3.31. The molecule has 1 fully saturated rings. The zero-order chi connectivity index (χ0) is 17.4. The van der Waals surface area contributed by atoms with Crippen LogP contribution in [0.2, 0.25) is 0 Å². The Balaban J connectivity index is 1.73. The Kier molecular flexibility index (Phi) is 7.58. The molecular formula is C17H26N2O3S2. The molecule has 0 saturated carbocycles. The lowest BCUT2D eigenvalue weighted by atomic mass is 10.2. The van der Waals surface area contributed by atoms with Crippen LogP contribution in [-0.2, 0) is 14.8 Å². The number of amides is 1. The van der Waals surface area contributed by atoms with Gasteiger partial charge in [-0.05, 0) is 43.6 Å². The van der Waals surface area contributed by atoms with Gasteiger partial charge in [0.1, 0.15) is 6.04 Å². The lowest BCUT2D eigenvalue weighted by molar-refractivity contribution is -0.124. The Hall–Kier alpha value is -1.05. The molecule has 0 spiro atoms. The lowest BCUT2D eigenvalue weighted by Crippen LogP contribution is -2.46. The molecule has 1 atom stereocenters. The molecule has 7 heteroatoms. The number of carbonyl (C=O) groups excluding carboxylic acids is 1. The van der Waals surface area contributed by atoms with Crippen LogP contribution in [0.5, 0.6) is 0 Å². The summed E-state index contributed by atoms with van der Waals surface area (Å²) in [4.78, 5) is 13.5. The molecule has 0 radical (unpaired) electrons. The molecule has 1 heterocycles. The predicted molar refractivity (Wildman–Crippen MR) is 98.6 cm³/mol. The number of nitrogens with zero attached hydrogens (tertiary/aromatic N) is 1. The fourth-order valence-electron chi connectivity index (χ4n) is 2.82. The Bertz CT molecular complexity index is 620. The zero-order valence-electron chi connectivity index (χ0n) is 14.1. The molecule has 2 rings (SSSR count). The number of rotatable bonds is 9. The van der Waals surface area contributed by atoms with Gasteiger partial charge >= 0.3 is 0 Å². The number of nitrogens with one attached hydrogen (secondary N) is 1. The van der Waals surface area contributed by atoms with Crippen LogP contribution in [0.15, 0.2) is 35.2 Å². The van der Waals surface area contributed by atoms with Crippen LogP contribution in [0, 0.1) is 0 Å². The van der Waals surface area contributed by atoms with Gasteiger partial charge in [-0.25, -0.2) is 8.42 Å². The summed E-state index contributed by atoms with van der Waals surface area (Å²) in [5, 5.41) is 2.90. The lowest BCUT2D eigenvalue weighted by Gasteiger charge is -2.23. The van der Waals surface area contributed by atoms with Crippen molar-refractivity contribution in [2.75, 3.05) is 24.6 Å². The number of carbonyl (C=O) groups is 1. The maximum absolute atomic E-state index is 12.3. The molecular weight excluding hydrogens is 344 g/mol. The van der Waals surface area contributed by atoms with Crippen molar-refractivity contribution in [1.29, 1.82) is 0 Å². The summed E-state index contributed by atoms with van der Waals surface area (Å²) >= 11 is 1.76. The highest BCUT2D eigenvalue weighted by Gasteiger charge is 2.37. The summed E-state index contributed by atoms with van der Waals surface area (Å²) in [6, 6.07) is 9.62. The highest BCUT2D eigenvalue weighted by molar-refractivity contribution is 7.99. The van der Waals surface area contributed by atoms with E-state index in [2.05, 4.69) is 17.4 Å². The first-order valence-electron chi connectivity index (χ1n) is 8.49. The van der Waals surface area contributed by atoms with E-state index < -0.39 is 16.1 Å². The smallest absolute Gasteiger partial charge is 0.238 e. The van der Waals surface area contributed by atoms with Crippen LogP contribution in [-0.4, -0.2) is 49.3 Å². The van der Waals surface area contributed by atoms with Crippen molar-refractivity contribution in [3.05, 3.63) is 30.3 Å². The average molecular weight is 371 g/mol. The number of sulfonamides is 1. The third-order valence-corrected chi connectivity index (χ3v) is 7.13. The number of thioether (sulfide) groups is 1. The molecule has 1 aromatic carbocycles. The van der Waals surface area contributed by atoms with Crippen LogP contribution >= 0.6 is 11.8 Å². The van der Waals surface area contributed by atoms with Crippen LogP contribution in [0.25, 0.3) is 0 Å². The van der Waals surface area contributed by atoms with Gasteiger partial charge in [0.2, 0.25) is 15.9 Å². The van der Waals surface area contributed by atoms with Crippen molar-refractivity contribution < 1.29 is 13.2 Å². The minimum absolute atomic E-state index is 0.116. The van der Waals surface area contributed by atoms with E-state index >= 15 is 0 Å². The van der Waals surface area contributed by atoms with Gasteiger partial charge in [-0.3, -0.25) is 4.79 Å². The van der Waals surface area contributed by atoms with Crippen molar-refractivity contribution >= 4 is 27.7 Å². The molecule has 1 N–H and O–H groups in total. The van der Waals surface area contributed by atoms with Crippen molar-refractivity contribution in [3.8, 4) is 0 Å². The summed E-state index contributed by atoms with van der Waals surface area (Å²) in [5.41, 5.74) is 0. The quantitative estimate of drug-likeness (QED) is 0.536. The Morgan fingerprint density at radius 3 is 2.79 bits per heavy atom. The molecule has 134 valence electrons. The van der Waals surface area contributed by atoms with Crippen molar-refractivity contribution in [1.82, 2.24) is 9.62 Å². The first-order chi connectivity index (χ1) is 11.5. The van der Waals surface area contributed by atoms with Gasteiger partial charge in [0.15, 0.2) is 0 Å². The van der Waals surface area contributed by atoms with Gasteiger partial charge in [0.05, 0.1) is 5.75 Å². The minimum Gasteiger partial charge on any atom is -0.355 e. The van der Waals surface area contributed by atoms with E-state index in [0.29, 0.717) is 25.9 Å². The minimum atomic E-state index is -3.31. The molecule has 1 unspecified atom stereocenters. The summed E-state index contributed by atoms with van der Waals surface area (Å²) in [6.07, 6.45) is 2.81. The monoisotopic (exact) mass is 370 g/mol. The Labute approximate surface area is 149 Å². The highest BCUT2D eigenvalue weighted by atomic mass is 32.2. The van der Waals surface area contributed by atoms with Crippen LogP contribution in [0.1, 0.15) is 32.6 Å². The van der Waals surface area contributed by atoms with Crippen molar-refractivity contribution in [2.45, 2.75) is 43.5 Å². The zero-order valence-corrected chi connectivity index (χ0v) is 15.7. The molecule has 0 bridgehead atoms. The molecule has 5 nitrogen and oxygen atoms in total. The molecule has 24 heavy (non-hydrogen) atoms. The van der Waals surface area contributed by atoms with Gasteiger partial charge < -0.3 is 5.32 Å². The summed E-state index contributed by atoms with van der Waals surface area (Å²) in [6.45, 7) is 2.88. The van der Waals surface area contributed by atoms with Crippen molar-refractivity contribution in [3.63, 3.8) is 0 Å². The van der Waals surface area contributed by atoms with E-state index in [1.165, 1.54) is 9.20 Å². The van der Waals surface area contributed by atoms with E-state index in [-0.39, 0.29) is 11.7 Å². The average Bonchev–Trinajstić information content (AvgIpc) is 3.06. The third-order valence-electron chi connectivity index (χ3n) is 3.96. The normalized spacial score (nSPS) is 18.6. The van der Waals surface area contributed by atoms with Gasteiger partial charge in [-0.15, -0.1) is 11.8 Å². The molecule has 1 aliphatic heterocycles. The Morgan fingerprint density at radius 1 is 1.33 bits per heavy atom. The number of hydrogen-bond acceptors (Lipinski definition) is 4. The van der Waals surface area contributed by atoms with Gasteiger partial charge in [-0.2, -0.15) is 4.31 Å². The second-order valence-electron chi connectivity index (χ2n) is 5.89. The van der Waals surface area contributed by atoms with Gasteiger partial charge in [-0.1, -0.05) is 25.1 Å². The van der Waals surface area contributed by atoms with Gasteiger partial charge in [0, 0.05) is 18.0 Å². The van der Waals surface area contributed by atoms with Crippen molar-refractivity contribution in [2.24, 2.45) is 0 Å². The topological polar surface area (TPSA) is 66.5 Å². The predicted octanol–water partition coefficient (Wildman–Crippen LogP) is 2.49. The van der Waals surface area contributed by atoms with E-state index in [4.69, 9.17) is 0 Å². The maximum Gasteiger partial charge on any atom is 0.238 e. The largest absolute Gasteiger partial charge is 0.355 e. The SMILES string of the molecule is CCCS(=O)(=O)N1CCCC1C(=O)NCCCSc1ccccc1. The van der Waals surface area contributed by atoms with E-state index in [1.807, 2.05) is 25.1 Å². The van der Waals surface area contributed by atoms with E-state index in [1.54, 1.807) is 11.8 Å². The first-order valence-corrected chi connectivity index (χ1v) is 11.1. The molecule has 1 aliphatic rings. The summed E-state index contributed by atoms with van der Waals surface area (Å²) < 4.78 is 25.8. The molecule has 1 amide bonds. The van der Waals surface area contributed by atoms with E-state index in [0.717, 1.165) is 18.6 Å². The molecule has 0 aliphatic carbocycles. The van der Waals surface area contributed by atoms with Crippen LogP contribution < -0.4 is 5.32 Å². The number of benzene rings is 1. The third kappa shape index (κ3) is 5.50. The summed E-state index contributed by atoms with van der Waals surface area (Å²) in [5.74, 6) is 0.883. The fourth-order valence-corrected chi connectivity index (χ4v) is 5.44. The second-order valence-corrected chi connectivity index (χ2v) is 9.10. The maximum atomic E-state index is 12.3. The van der Waals surface area contributed by atoms with E-state index in [9.17, 15) is 13.2 Å². The van der Waals surface area contributed by atoms with Crippen LogP contribution in [0.3, 0.4) is 0 Å². The van der Waals surface area contributed by atoms with Gasteiger partial charge in [0.25, 0.3) is 0 Å². The molecule has 0 aromatic heterocycles. The van der Waals surface area contributed by atoms with Crippen LogP contribution in [0.4, 0.5) is 0 Å². The molecule has 1 aromatic rings. The molecule has 1 saturated heterocycles. The second kappa shape index (κ2) is 9.44. The number of hydrogen-bond donors (Lipinski definition) is 1. The first kappa shape index (κ1) is 19.3. The standard InChI is InChI=1S/C17H26N2O3S2/c1-2-14-24(21,22)19-12-6-10-16(19)17(20)18-11-7-13-23-15-8-4-3-5-9-15/h3-5,8-9,16H,2,6-7,10-14H2,1H3,(H,18,20). The Morgan fingerprint density at radius 2 is 2.08 bits per heavy atom. The highest BCUT2D eigenvalue weighted by Crippen LogP contribution is 2.22. The fraction of sp³-hybridized carbons (Fsp3) is 0.588.